The topological polar surface area (TPSA) is 78.5 Å². The lowest BCUT2D eigenvalue weighted by atomic mass is 10.5. The Labute approximate surface area is 76.0 Å². The van der Waals surface area contributed by atoms with Crippen LogP contribution in [0.4, 0.5) is 0 Å². The Morgan fingerprint density at radius 2 is 1.77 bits per heavy atom. The maximum absolute atomic E-state index is 10.4. The molecule has 5 nitrogen and oxygen atoms in total. The molecule has 0 aromatic carbocycles. The zero-order valence-electron chi connectivity index (χ0n) is 6.74. The Morgan fingerprint density at radius 3 is 2.23 bits per heavy atom. The van der Waals surface area contributed by atoms with Crippen LogP contribution in [-0.4, -0.2) is 23.8 Å². The summed E-state index contributed by atoms with van der Waals surface area (Å²) in [4.78, 5) is 0. The molecule has 0 aliphatic carbocycles. The highest BCUT2D eigenvalue weighted by Crippen LogP contribution is 1.95. The second-order valence-electron chi connectivity index (χ2n) is 2.55. The van der Waals surface area contributed by atoms with Crippen molar-refractivity contribution in [2.45, 2.75) is 6.23 Å². The van der Waals surface area contributed by atoms with Crippen LogP contribution in [-0.2, 0) is 10.1 Å². The molecule has 0 amide bonds. The van der Waals surface area contributed by atoms with Crippen LogP contribution in [0.25, 0.3) is 0 Å². The van der Waals surface area contributed by atoms with Gasteiger partial charge in [0.15, 0.2) is 18.1 Å². The van der Waals surface area contributed by atoms with Gasteiger partial charge in [0.25, 0.3) is 16.3 Å². The number of hydrogen-bond donors (Lipinski definition) is 2. The van der Waals surface area contributed by atoms with Gasteiger partial charge in [-0.2, -0.15) is 13.0 Å². The summed E-state index contributed by atoms with van der Waals surface area (Å²) >= 11 is 0. The largest absolute Gasteiger partial charge is 0.336 e. The highest BCUT2D eigenvalue weighted by molar-refractivity contribution is 7.85. The fourth-order valence-electron chi connectivity index (χ4n) is 0.885. The smallest absolute Gasteiger partial charge is 0.276 e. The highest BCUT2D eigenvalue weighted by Gasteiger charge is 2.21. The van der Waals surface area contributed by atoms with Gasteiger partial charge in [-0.3, -0.25) is 4.55 Å². The summed E-state index contributed by atoms with van der Waals surface area (Å²) in [5, 5.41) is 9.28. The van der Waals surface area contributed by atoms with Gasteiger partial charge in [0, 0.05) is 12.1 Å². The molecule has 6 heteroatoms. The van der Waals surface area contributed by atoms with Crippen LogP contribution in [0.5, 0.6) is 0 Å². The molecule has 1 aromatic heterocycles. The van der Waals surface area contributed by atoms with Crippen LogP contribution in [0.3, 0.4) is 0 Å². The zero-order chi connectivity index (χ0) is 9.90. The first-order chi connectivity index (χ1) is 5.99. The van der Waals surface area contributed by atoms with Crippen molar-refractivity contribution < 1.29 is 22.6 Å². The molecule has 0 saturated heterocycles. The average molecular weight is 204 g/mol. The van der Waals surface area contributed by atoms with Crippen LogP contribution in [0.2, 0.25) is 0 Å². The van der Waals surface area contributed by atoms with Crippen molar-refractivity contribution in [1.82, 2.24) is 0 Å². The van der Waals surface area contributed by atoms with Crippen molar-refractivity contribution >= 4 is 10.1 Å². The molecular formula is C7H10NO4S+. The van der Waals surface area contributed by atoms with Gasteiger partial charge in [-0.1, -0.05) is 6.07 Å². The van der Waals surface area contributed by atoms with E-state index in [4.69, 9.17) is 4.55 Å². The molecule has 0 bridgehead atoms. The molecule has 1 heterocycles. The van der Waals surface area contributed by atoms with Gasteiger partial charge in [0.2, 0.25) is 0 Å². The SMILES string of the molecule is O=S(=O)(O)CC(O)[n+]1ccccc1. The molecule has 1 atom stereocenters. The summed E-state index contributed by atoms with van der Waals surface area (Å²) in [5.41, 5.74) is 0. The Balaban J connectivity index is 2.76. The maximum atomic E-state index is 10.4. The van der Waals surface area contributed by atoms with Crippen molar-refractivity contribution in [3.63, 3.8) is 0 Å². The molecule has 1 aromatic rings. The fourth-order valence-corrected chi connectivity index (χ4v) is 1.43. The molecular weight excluding hydrogens is 194 g/mol. The van der Waals surface area contributed by atoms with Crippen LogP contribution in [0.1, 0.15) is 6.23 Å². The summed E-state index contributed by atoms with van der Waals surface area (Å²) in [5.74, 6) is -0.707. The van der Waals surface area contributed by atoms with Crippen LogP contribution in [0, 0.1) is 0 Å². The summed E-state index contributed by atoms with van der Waals surface area (Å²) in [6.07, 6.45) is 1.77. The second kappa shape index (κ2) is 3.82. The summed E-state index contributed by atoms with van der Waals surface area (Å²) < 4.78 is 30.5. The first-order valence-electron chi connectivity index (χ1n) is 3.58. The molecule has 0 fully saturated rings. The van der Waals surface area contributed by atoms with Gasteiger partial charge < -0.3 is 5.11 Å². The first kappa shape index (κ1) is 10.1. The minimum absolute atomic E-state index is 0.707. The van der Waals surface area contributed by atoms with E-state index in [0.717, 1.165) is 0 Å². The van der Waals surface area contributed by atoms with E-state index in [1.165, 1.54) is 17.0 Å². The van der Waals surface area contributed by atoms with E-state index in [1.54, 1.807) is 18.2 Å². The van der Waals surface area contributed by atoms with Crippen molar-refractivity contribution in [3.05, 3.63) is 30.6 Å². The molecule has 0 saturated carbocycles. The van der Waals surface area contributed by atoms with E-state index in [-0.39, 0.29) is 0 Å². The van der Waals surface area contributed by atoms with Crippen molar-refractivity contribution in [3.8, 4) is 0 Å². The third-order valence-electron chi connectivity index (χ3n) is 1.44. The average Bonchev–Trinajstić information content (AvgIpc) is 2.03. The Bertz CT molecular complexity index is 361. The lowest BCUT2D eigenvalue weighted by Crippen LogP contribution is -2.42. The molecule has 0 spiro atoms. The monoisotopic (exact) mass is 204 g/mol. The van der Waals surface area contributed by atoms with E-state index >= 15 is 0 Å². The molecule has 0 radical (unpaired) electrons. The van der Waals surface area contributed by atoms with Gasteiger partial charge in [-0.05, 0) is 0 Å². The molecule has 1 rings (SSSR count). The van der Waals surface area contributed by atoms with E-state index < -0.39 is 22.1 Å². The van der Waals surface area contributed by atoms with Crippen molar-refractivity contribution in [2.75, 3.05) is 5.75 Å². The standard InChI is InChI=1S/C7H9NO4S/c9-7(6-13(10,11)12)8-4-2-1-3-5-8/h1-5,7,9H,6H2/p+1. The zero-order valence-corrected chi connectivity index (χ0v) is 7.55. The molecule has 1 unspecified atom stereocenters. The fraction of sp³-hybridized carbons (Fsp3) is 0.286. The van der Waals surface area contributed by atoms with E-state index in [9.17, 15) is 13.5 Å². The lowest BCUT2D eigenvalue weighted by Gasteiger charge is -2.02. The number of rotatable bonds is 3. The number of aromatic nitrogens is 1. The normalized spacial score (nSPS) is 14.0. The second-order valence-corrected chi connectivity index (χ2v) is 4.05. The minimum Gasteiger partial charge on any atom is -0.336 e. The summed E-state index contributed by atoms with van der Waals surface area (Å²) in [7, 11) is -4.14. The van der Waals surface area contributed by atoms with E-state index in [2.05, 4.69) is 0 Å². The maximum Gasteiger partial charge on any atom is 0.276 e. The number of aliphatic hydroxyl groups is 1. The quantitative estimate of drug-likeness (QED) is 0.506. The molecule has 72 valence electrons. The lowest BCUT2D eigenvalue weighted by molar-refractivity contribution is -0.754. The predicted octanol–water partition coefficient (Wildman–Crippen LogP) is -0.647. The third-order valence-corrected chi connectivity index (χ3v) is 2.16. The van der Waals surface area contributed by atoms with Crippen molar-refractivity contribution in [1.29, 1.82) is 0 Å². The minimum atomic E-state index is -4.14. The molecule has 0 aliphatic heterocycles. The van der Waals surface area contributed by atoms with Gasteiger partial charge in [-0.25, -0.2) is 0 Å². The van der Waals surface area contributed by atoms with E-state index in [0.29, 0.717) is 0 Å². The van der Waals surface area contributed by atoms with Gasteiger partial charge in [0.05, 0.1) is 0 Å². The first-order valence-corrected chi connectivity index (χ1v) is 5.19. The van der Waals surface area contributed by atoms with Gasteiger partial charge >= 0.3 is 0 Å². The predicted molar refractivity (Wildman–Crippen MR) is 44.3 cm³/mol. The third kappa shape index (κ3) is 3.49. The van der Waals surface area contributed by atoms with Crippen LogP contribution < -0.4 is 4.57 Å². The van der Waals surface area contributed by atoms with E-state index in [1.807, 2.05) is 0 Å². The Hall–Kier alpha value is -0.980. The molecule has 2 N–H and O–H groups in total. The molecule has 13 heavy (non-hydrogen) atoms. The Morgan fingerprint density at radius 1 is 1.23 bits per heavy atom. The Kier molecular flexibility index (Phi) is 2.97. The number of nitrogens with zero attached hydrogens (tertiary/aromatic N) is 1. The number of pyridine rings is 1. The van der Waals surface area contributed by atoms with Gasteiger partial charge in [0.1, 0.15) is 0 Å². The number of hydrogen-bond acceptors (Lipinski definition) is 3. The van der Waals surface area contributed by atoms with Gasteiger partial charge in [-0.15, -0.1) is 0 Å². The van der Waals surface area contributed by atoms with Crippen LogP contribution >= 0.6 is 0 Å². The van der Waals surface area contributed by atoms with Crippen molar-refractivity contribution in [2.24, 2.45) is 0 Å². The molecule has 0 aliphatic rings. The van der Waals surface area contributed by atoms with Crippen LogP contribution in [0.15, 0.2) is 30.6 Å². The number of aliphatic hydroxyl groups excluding tert-OH is 1. The summed E-state index contributed by atoms with van der Waals surface area (Å²) in [6.45, 7) is 0. The summed E-state index contributed by atoms with van der Waals surface area (Å²) in [6, 6.07) is 5.02. The highest BCUT2D eigenvalue weighted by atomic mass is 32.2.